The molecule has 0 aliphatic heterocycles. The number of nitrogens with zero attached hydrogens (tertiary/aromatic N) is 2. The van der Waals surface area contributed by atoms with Gasteiger partial charge in [0.15, 0.2) is 0 Å². The van der Waals surface area contributed by atoms with E-state index in [9.17, 15) is 4.79 Å². The Morgan fingerprint density at radius 2 is 2.26 bits per heavy atom. The summed E-state index contributed by atoms with van der Waals surface area (Å²) in [5.41, 5.74) is 1.79. The molecule has 2 aromatic heterocycles. The second-order valence-corrected chi connectivity index (χ2v) is 4.66. The molecule has 0 aliphatic carbocycles. The Labute approximate surface area is 117 Å². The molecule has 0 unspecified atom stereocenters. The Balaban J connectivity index is 1.83. The van der Waals surface area contributed by atoms with E-state index in [0.29, 0.717) is 31.1 Å². The predicted octanol–water partition coefficient (Wildman–Crippen LogP) is 1.60. The van der Waals surface area contributed by atoms with Crippen LogP contribution in [-0.4, -0.2) is 28.4 Å². The molecule has 1 amide bonds. The summed E-state index contributed by atoms with van der Waals surface area (Å²) >= 11 is 5.91. The minimum absolute atomic E-state index is 0.0665. The van der Waals surface area contributed by atoms with E-state index in [2.05, 4.69) is 15.6 Å². The lowest BCUT2D eigenvalue weighted by Gasteiger charge is -2.02. The SMILES string of the molecule is CCNC(=O)CCNCc1cn2cc(Cl)ccc2n1. The fourth-order valence-electron chi connectivity index (χ4n) is 1.81. The van der Waals surface area contributed by atoms with Gasteiger partial charge in [-0.2, -0.15) is 0 Å². The molecule has 6 heteroatoms. The van der Waals surface area contributed by atoms with Crippen LogP contribution >= 0.6 is 11.6 Å². The summed E-state index contributed by atoms with van der Waals surface area (Å²) in [5.74, 6) is 0.0665. The van der Waals surface area contributed by atoms with Crippen LogP contribution in [0.5, 0.6) is 0 Å². The molecule has 0 spiro atoms. The highest BCUT2D eigenvalue weighted by molar-refractivity contribution is 6.30. The molecule has 19 heavy (non-hydrogen) atoms. The van der Waals surface area contributed by atoms with Crippen molar-refractivity contribution in [3.05, 3.63) is 35.2 Å². The number of rotatable bonds is 6. The monoisotopic (exact) mass is 280 g/mol. The van der Waals surface area contributed by atoms with E-state index in [1.807, 2.05) is 35.9 Å². The molecule has 0 saturated heterocycles. The molecule has 5 nitrogen and oxygen atoms in total. The number of amides is 1. The van der Waals surface area contributed by atoms with Crippen molar-refractivity contribution in [3.8, 4) is 0 Å². The Bertz CT molecular complexity index is 567. The van der Waals surface area contributed by atoms with Gasteiger partial charge >= 0.3 is 0 Å². The standard InChI is InChI=1S/C13H17ClN4O/c1-2-16-13(19)5-6-15-7-11-9-18-8-10(14)3-4-12(18)17-11/h3-4,8-9,15H,2,5-7H2,1H3,(H,16,19). The molecule has 0 aliphatic rings. The van der Waals surface area contributed by atoms with Crippen LogP contribution in [0.15, 0.2) is 24.5 Å². The first-order valence-corrected chi connectivity index (χ1v) is 6.67. The van der Waals surface area contributed by atoms with E-state index in [4.69, 9.17) is 11.6 Å². The maximum absolute atomic E-state index is 11.2. The number of hydrogen-bond acceptors (Lipinski definition) is 3. The quantitative estimate of drug-likeness (QED) is 0.791. The largest absolute Gasteiger partial charge is 0.356 e. The summed E-state index contributed by atoms with van der Waals surface area (Å²) in [5, 5.41) is 6.64. The van der Waals surface area contributed by atoms with Gasteiger partial charge in [0.25, 0.3) is 0 Å². The summed E-state index contributed by atoms with van der Waals surface area (Å²) in [4.78, 5) is 15.7. The average Bonchev–Trinajstić information content (AvgIpc) is 2.77. The zero-order chi connectivity index (χ0) is 13.7. The van der Waals surface area contributed by atoms with Gasteiger partial charge in [0.1, 0.15) is 5.65 Å². The Morgan fingerprint density at radius 1 is 1.42 bits per heavy atom. The van der Waals surface area contributed by atoms with E-state index < -0.39 is 0 Å². The highest BCUT2D eigenvalue weighted by atomic mass is 35.5. The molecule has 0 aromatic carbocycles. The number of imidazole rings is 1. The molecule has 2 rings (SSSR count). The number of fused-ring (bicyclic) bond motifs is 1. The second kappa shape index (κ2) is 6.54. The molecule has 0 bridgehead atoms. The van der Waals surface area contributed by atoms with Gasteiger partial charge in [-0.3, -0.25) is 4.79 Å². The van der Waals surface area contributed by atoms with Crippen LogP contribution in [-0.2, 0) is 11.3 Å². The van der Waals surface area contributed by atoms with Crippen LogP contribution in [0.2, 0.25) is 5.02 Å². The molecular formula is C13H17ClN4O. The highest BCUT2D eigenvalue weighted by Crippen LogP contribution is 2.11. The molecule has 0 radical (unpaired) electrons. The van der Waals surface area contributed by atoms with E-state index in [0.717, 1.165) is 11.3 Å². The molecule has 2 heterocycles. The molecule has 2 aromatic rings. The number of carbonyl (C=O) groups excluding carboxylic acids is 1. The number of hydrogen-bond donors (Lipinski definition) is 2. The van der Waals surface area contributed by atoms with Gasteiger partial charge in [0, 0.05) is 38.4 Å². The molecule has 0 saturated carbocycles. The van der Waals surface area contributed by atoms with Crippen LogP contribution in [0.1, 0.15) is 19.0 Å². The van der Waals surface area contributed by atoms with Crippen molar-refractivity contribution in [1.29, 1.82) is 0 Å². The van der Waals surface area contributed by atoms with Crippen molar-refractivity contribution >= 4 is 23.2 Å². The molecule has 102 valence electrons. The third-order valence-corrected chi connectivity index (χ3v) is 2.90. The fourth-order valence-corrected chi connectivity index (χ4v) is 1.97. The molecular weight excluding hydrogens is 264 g/mol. The van der Waals surface area contributed by atoms with Gasteiger partial charge in [-0.05, 0) is 19.1 Å². The van der Waals surface area contributed by atoms with Crippen LogP contribution in [0.4, 0.5) is 0 Å². The lowest BCUT2D eigenvalue weighted by atomic mass is 10.4. The van der Waals surface area contributed by atoms with Gasteiger partial charge in [-0.25, -0.2) is 4.98 Å². The maximum Gasteiger partial charge on any atom is 0.221 e. The first kappa shape index (κ1) is 13.8. The van der Waals surface area contributed by atoms with Gasteiger partial charge in [0.05, 0.1) is 10.7 Å². The predicted molar refractivity (Wildman–Crippen MR) is 75.2 cm³/mol. The summed E-state index contributed by atoms with van der Waals surface area (Å²) in [7, 11) is 0. The van der Waals surface area contributed by atoms with Crippen LogP contribution in [0.25, 0.3) is 5.65 Å². The van der Waals surface area contributed by atoms with Gasteiger partial charge in [-0.15, -0.1) is 0 Å². The molecule has 0 atom stereocenters. The lowest BCUT2D eigenvalue weighted by molar-refractivity contribution is -0.120. The first-order chi connectivity index (χ1) is 9.19. The third kappa shape index (κ3) is 3.94. The second-order valence-electron chi connectivity index (χ2n) is 4.23. The summed E-state index contributed by atoms with van der Waals surface area (Å²) < 4.78 is 1.89. The van der Waals surface area contributed by atoms with E-state index >= 15 is 0 Å². The van der Waals surface area contributed by atoms with Crippen LogP contribution in [0, 0.1) is 0 Å². The van der Waals surface area contributed by atoms with Gasteiger partial charge in [0.2, 0.25) is 5.91 Å². The minimum Gasteiger partial charge on any atom is -0.356 e. The lowest BCUT2D eigenvalue weighted by Crippen LogP contribution is -2.27. The smallest absolute Gasteiger partial charge is 0.221 e. The Hall–Kier alpha value is -1.59. The maximum atomic E-state index is 11.2. The van der Waals surface area contributed by atoms with Crippen molar-refractivity contribution in [2.24, 2.45) is 0 Å². The van der Waals surface area contributed by atoms with Crippen molar-refractivity contribution in [1.82, 2.24) is 20.0 Å². The molecule has 2 N–H and O–H groups in total. The van der Waals surface area contributed by atoms with Crippen molar-refractivity contribution < 1.29 is 4.79 Å². The van der Waals surface area contributed by atoms with Crippen LogP contribution < -0.4 is 10.6 Å². The van der Waals surface area contributed by atoms with Crippen LogP contribution in [0.3, 0.4) is 0 Å². The van der Waals surface area contributed by atoms with E-state index in [-0.39, 0.29) is 5.91 Å². The number of nitrogens with one attached hydrogen (secondary N) is 2. The zero-order valence-corrected chi connectivity index (χ0v) is 11.6. The summed E-state index contributed by atoms with van der Waals surface area (Å²) in [6.45, 7) is 3.86. The average molecular weight is 281 g/mol. The number of carbonyl (C=O) groups is 1. The normalized spacial score (nSPS) is 10.8. The van der Waals surface area contributed by atoms with E-state index in [1.54, 1.807) is 0 Å². The van der Waals surface area contributed by atoms with Gasteiger partial charge in [-0.1, -0.05) is 11.6 Å². The number of halogens is 1. The van der Waals surface area contributed by atoms with Crippen molar-refractivity contribution in [3.63, 3.8) is 0 Å². The van der Waals surface area contributed by atoms with Crippen molar-refractivity contribution in [2.75, 3.05) is 13.1 Å². The minimum atomic E-state index is 0.0665. The third-order valence-electron chi connectivity index (χ3n) is 2.67. The first-order valence-electron chi connectivity index (χ1n) is 6.29. The topological polar surface area (TPSA) is 58.4 Å². The highest BCUT2D eigenvalue weighted by Gasteiger charge is 2.02. The summed E-state index contributed by atoms with van der Waals surface area (Å²) in [6.07, 6.45) is 4.23. The van der Waals surface area contributed by atoms with Crippen molar-refractivity contribution in [2.45, 2.75) is 19.9 Å². The fraction of sp³-hybridized carbons (Fsp3) is 0.385. The zero-order valence-electron chi connectivity index (χ0n) is 10.8. The molecule has 0 fully saturated rings. The number of pyridine rings is 1. The number of aromatic nitrogens is 2. The summed E-state index contributed by atoms with van der Waals surface area (Å²) in [6, 6.07) is 3.69. The Kier molecular flexibility index (Phi) is 4.76. The van der Waals surface area contributed by atoms with E-state index in [1.165, 1.54) is 0 Å². The van der Waals surface area contributed by atoms with Gasteiger partial charge < -0.3 is 15.0 Å². The Morgan fingerprint density at radius 3 is 3.05 bits per heavy atom.